The molecule has 1 aliphatic rings. The fourth-order valence-electron chi connectivity index (χ4n) is 1.65. The highest BCUT2D eigenvalue weighted by Crippen LogP contribution is 2.17. The Bertz CT molecular complexity index is 369. The molecule has 1 atom stereocenters. The molecule has 2 heterocycles. The maximum absolute atomic E-state index is 5.67. The number of nitrogens with zero attached hydrogens (tertiary/aromatic N) is 2. The SMILES string of the molecule is CC#CCn1cncc1C1CNCCO1. The van der Waals surface area contributed by atoms with Gasteiger partial charge in [-0.2, -0.15) is 0 Å². The molecule has 4 nitrogen and oxygen atoms in total. The average molecular weight is 205 g/mol. The molecule has 1 unspecified atom stereocenters. The molecule has 0 amide bonds. The summed E-state index contributed by atoms with van der Waals surface area (Å²) in [5.74, 6) is 5.91. The number of ether oxygens (including phenoxy) is 1. The van der Waals surface area contributed by atoms with Gasteiger partial charge in [-0.15, -0.1) is 5.92 Å². The van der Waals surface area contributed by atoms with E-state index < -0.39 is 0 Å². The summed E-state index contributed by atoms with van der Waals surface area (Å²) < 4.78 is 7.71. The van der Waals surface area contributed by atoms with E-state index in [2.05, 4.69) is 22.1 Å². The van der Waals surface area contributed by atoms with Gasteiger partial charge in [0.2, 0.25) is 0 Å². The van der Waals surface area contributed by atoms with Crippen LogP contribution in [0.4, 0.5) is 0 Å². The van der Waals surface area contributed by atoms with Gasteiger partial charge in [-0.3, -0.25) is 0 Å². The zero-order valence-corrected chi connectivity index (χ0v) is 8.86. The molecule has 0 saturated carbocycles. The van der Waals surface area contributed by atoms with E-state index in [1.54, 1.807) is 6.33 Å². The van der Waals surface area contributed by atoms with E-state index in [1.165, 1.54) is 0 Å². The highest BCUT2D eigenvalue weighted by atomic mass is 16.5. The molecular formula is C11H15N3O. The van der Waals surface area contributed by atoms with Crippen molar-refractivity contribution in [1.29, 1.82) is 0 Å². The maximum Gasteiger partial charge on any atom is 0.111 e. The van der Waals surface area contributed by atoms with Crippen LogP contribution in [0, 0.1) is 11.8 Å². The molecule has 0 radical (unpaired) electrons. The number of imidazole rings is 1. The van der Waals surface area contributed by atoms with Crippen molar-refractivity contribution in [2.24, 2.45) is 0 Å². The molecule has 0 aliphatic carbocycles. The van der Waals surface area contributed by atoms with Gasteiger partial charge in [-0.1, -0.05) is 5.92 Å². The minimum Gasteiger partial charge on any atom is -0.369 e. The van der Waals surface area contributed by atoms with Crippen LogP contribution in [-0.2, 0) is 11.3 Å². The smallest absolute Gasteiger partial charge is 0.111 e. The lowest BCUT2D eigenvalue weighted by Crippen LogP contribution is -2.34. The van der Waals surface area contributed by atoms with E-state index in [-0.39, 0.29) is 6.10 Å². The third kappa shape index (κ3) is 2.38. The first kappa shape index (κ1) is 10.2. The minimum atomic E-state index is 0.111. The van der Waals surface area contributed by atoms with Crippen LogP contribution in [0.2, 0.25) is 0 Å². The summed E-state index contributed by atoms with van der Waals surface area (Å²) in [6.45, 7) is 5.07. The molecule has 1 N–H and O–H groups in total. The van der Waals surface area contributed by atoms with Crippen molar-refractivity contribution in [2.45, 2.75) is 19.6 Å². The molecule has 1 saturated heterocycles. The molecule has 0 bridgehead atoms. The predicted molar refractivity (Wildman–Crippen MR) is 57.2 cm³/mol. The van der Waals surface area contributed by atoms with Gasteiger partial charge in [0, 0.05) is 13.1 Å². The Morgan fingerprint density at radius 2 is 2.67 bits per heavy atom. The Kier molecular flexibility index (Phi) is 3.38. The molecule has 0 aromatic carbocycles. The number of aromatic nitrogens is 2. The zero-order chi connectivity index (χ0) is 10.5. The van der Waals surface area contributed by atoms with Crippen LogP contribution >= 0.6 is 0 Å². The van der Waals surface area contributed by atoms with Crippen molar-refractivity contribution >= 4 is 0 Å². The summed E-state index contributed by atoms with van der Waals surface area (Å²) in [4.78, 5) is 4.14. The second kappa shape index (κ2) is 4.96. The Morgan fingerprint density at radius 3 is 3.40 bits per heavy atom. The van der Waals surface area contributed by atoms with Crippen molar-refractivity contribution < 1.29 is 4.74 Å². The Hall–Kier alpha value is -1.31. The second-order valence-corrected chi connectivity index (χ2v) is 3.44. The van der Waals surface area contributed by atoms with Gasteiger partial charge >= 0.3 is 0 Å². The van der Waals surface area contributed by atoms with Gasteiger partial charge in [0.1, 0.15) is 6.10 Å². The standard InChI is InChI=1S/C11H15N3O/c1-2-3-5-14-9-13-7-10(14)11-8-12-4-6-15-11/h7,9,11-12H,4-6,8H2,1H3. The fraction of sp³-hybridized carbons (Fsp3) is 0.545. The summed E-state index contributed by atoms with van der Waals surface area (Å²) in [5, 5.41) is 3.30. The zero-order valence-electron chi connectivity index (χ0n) is 8.86. The monoisotopic (exact) mass is 205 g/mol. The topological polar surface area (TPSA) is 39.1 Å². The first-order chi connectivity index (χ1) is 7.42. The van der Waals surface area contributed by atoms with Gasteiger partial charge in [-0.05, 0) is 6.92 Å². The van der Waals surface area contributed by atoms with E-state index >= 15 is 0 Å². The molecule has 2 rings (SSSR count). The van der Waals surface area contributed by atoms with Crippen molar-refractivity contribution in [2.75, 3.05) is 19.7 Å². The van der Waals surface area contributed by atoms with Crippen LogP contribution in [0.25, 0.3) is 0 Å². The lowest BCUT2D eigenvalue weighted by atomic mass is 10.2. The van der Waals surface area contributed by atoms with Gasteiger partial charge in [0.15, 0.2) is 0 Å². The third-order valence-corrected chi connectivity index (χ3v) is 2.43. The average Bonchev–Trinajstić information content (AvgIpc) is 2.75. The van der Waals surface area contributed by atoms with Crippen LogP contribution in [0.1, 0.15) is 18.7 Å². The first-order valence-electron chi connectivity index (χ1n) is 5.14. The van der Waals surface area contributed by atoms with Crippen molar-refractivity contribution in [3.63, 3.8) is 0 Å². The summed E-state index contributed by atoms with van der Waals surface area (Å²) >= 11 is 0. The van der Waals surface area contributed by atoms with E-state index in [1.807, 2.05) is 17.7 Å². The second-order valence-electron chi connectivity index (χ2n) is 3.44. The van der Waals surface area contributed by atoms with Gasteiger partial charge in [0.25, 0.3) is 0 Å². The highest BCUT2D eigenvalue weighted by molar-refractivity contribution is 5.08. The van der Waals surface area contributed by atoms with E-state index in [0.717, 1.165) is 25.4 Å². The van der Waals surface area contributed by atoms with Crippen LogP contribution in [-0.4, -0.2) is 29.2 Å². The van der Waals surface area contributed by atoms with Gasteiger partial charge in [0.05, 0.1) is 31.4 Å². The largest absolute Gasteiger partial charge is 0.369 e. The van der Waals surface area contributed by atoms with E-state index in [9.17, 15) is 0 Å². The molecule has 1 aromatic rings. The molecule has 4 heteroatoms. The molecule has 1 aromatic heterocycles. The number of rotatable bonds is 2. The summed E-state index contributed by atoms with van der Waals surface area (Å²) in [6.07, 6.45) is 3.77. The van der Waals surface area contributed by atoms with E-state index in [4.69, 9.17) is 4.74 Å². The fourth-order valence-corrected chi connectivity index (χ4v) is 1.65. The van der Waals surface area contributed by atoms with Crippen molar-refractivity contribution in [1.82, 2.24) is 14.9 Å². The van der Waals surface area contributed by atoms with Crippen molar-refractivity contribution in [3.8, 4) is 11.8 Å². The lowest BCUT2D eigenvalue weighted by Gasteiger charge is -2.24. The van der Waals surface area contributed by atoms with Crippen LogP contribution < -0.4 is 5.32 Å². The molecule has 1 fully saturated rings. The predicted octanol–water partition coefficient (Wildman–Crippen LogP) is 0.567. The normalized spacial score (nSPS) is 20.7. The molecule has 15 heavy (non-hydrogen) atoms. The quantitative estimate of drug-likeness (QED) is 0.717. The third-order valence-electron chi connectivity index (χ3n) is 2.43. The molecular weight excluding hydrogens is 190 g/mol. The number of morpholine rings is 1. The Balaban J connectivity index is 2.11. The minimum absolute atomic E-state index is 0.111. The molecule has 1 aliphatic heterocycles. The van der Waals surface area contributed by atoms with Crippen molar-refractivity contribution in [3.05, 3.63) is 18.2 Å². The lowest BCUT2D eigenvalue weighted by molar-refractivity contribution is 0.0231. The number of hydrogen-bond donors (Lipinski definition) is 1. The summed E-state index contributed by atoms with van der Waals surface area (Å²) in [7, 11) is 0. The van der Waals surface area contributed by atoms with Gasteiger partial charge < -0.3 is 14.6 Å². The highest BCUT2D eigenvalue weighted by Gasteiger charge is 2.18. The van der Waals surface area contributed by atoms with E-state index in [0.29, 0.717) is 6.54 Å². The summed E-state index contributed by atoms with van der Waals surface area (Å²) in [5.41, 5.74) is 1.10. The Morgan fingerprint density at radius 1 is 1.73 bits per heavy atom. The molecule has 0 spiro atoms. The van der Waals surface area contributed by atoms with Crippen LogP contribution in [0.15, 0.2) is 12.5 Å². The number of hydrogen-bond acceptors (Lipinski definition) is 3. The Labute approximate surface area is 89.6 Å². The number of nitrogens with one attached hydrogen (secondary N) is 1. The maximum atomic E-state index is 5.67. The first-order valence-corrected chi connectivity index (χ1v) is 5.14. The van der Waals surface area contributed by atoms with Crippen LogP contribution in [0.5, 0.6) is 0 Å². The summed E-state index contributed by atoms with van der Waals surface area (Å²) in [6, 6.07) is 0. The molecule has 80 valence electrons. The van der Waals surface area contributed by atoms with Crippen LogP contribution in [0.3, 0.4) is 0 Å². The van der Waals surface area contributed by atoms with Gasteiger partial charge in [-0.25, -0.2) is 4.98 Å².